The van der Waals surface area contributed by atoms with Crippen molar-refractivity contribution in [2.45, 2.75) is 6.42 Å². The van der Waals surface area contributed by atoms with Crippen LogP contribution in [0.4, 0.5) is 5.69 Å². The van der Waals surface area contributed by atoms with Crippen LogP contribution in [0.25, 0.3) is 5.57 Å². The summed E-state index contributed by atoms with van der Waals surface area (Å²) in [6.07, 6.45) is 0.750. The molecule has 2 aliphatic rings. The molecule has 0 aromatic heterocycles. The van der Waals surface area contributed by atoms with Gasteiger partial charge in [0.1, 0.15) is 13.2 Å². The van der Waals surface area contributed by atoms with Gasteiger partial charge < -0.3 is 14.8 Å². The van der Waals surface area contributed by atoms with Crippen molar-refractivity contribution in [1.29, 1.82) is 0 Å². The smallest absolute Gasteiger partial charge is 0.252 e. The molecule has 110 valence electrons. The van der Waals surface area contributed by atoms with E-state index in [4.69, 9.17) is 9.47 Å². The van der Waals surface area contributed by atoms with Crippen molar-refractivity contribution in [2.75, 3.05) is 18.5 Å². The Morgan fingerprint density at radius 1 is 0.955 bits per heavy atom. The van der Waals surface area contributed by atoms with Crippen LogP contribution in [-0.4, -0.2) is 19.1 Å². The quantitative estimate of drug-likeness (QED) is 0.945. The molecule has 0 fully saturated rings. The lowest BCUT2D eigenvalue weighted by Crippen LogP contribution is -2.16. The third-order valence-corrected chi connectivity index (χ3v) is 3.79. The molecule has 0 saturated heterocycles. The first-order valence-corrected chi connectivity index (χ1v) is 7.30. The van der Waals surface area contributed by atoms with Crippen LogP contribution in [0.3, 0.4) is 0 Å². The van der Waals surface area contributed by atoms with Crippen LogP contribution < -0.4 is 14.8 Å². The molecule has 1 amide bonds. The van der Waals surface area contributed by atoms with Crippen molar-refractivity contribution >= 4 is 17.2 Å². The molecule has 1 aliphatic carbocycles. The van der Waals surface area contributed by atoms with Gasteiger partial charge in [-0.25, -0.2) is 0 Å². The van der Waals surface area contributed by atoms with Crippen LogP contribution in [0.15, 0.2) is 54.1 Å². The van der Waals surface area contributed by atoms with E-state index in [-0.39, 0.29) is 5.91 Å². The van der Waals surface area contributed by atoms with Gasteiger partial charge in [0.25, 0.3) is 5.91 Å². The summed E-state index contributed by atoms with van der Waals surface area (Å²) < 4.78 is 11.0. The van der Waals surface area contributed by atoms with Crippen LogP contribution in [0.1, 0.15) is 12.0 Å². The van der Waals surface area contributed by atoms with Crippen LogP contribution in [-0.2, 0) is 4.79 Å². The van der Waals surface area contributed by atoms with E-state index in [1.807, 2.05) is 42.5 Å². The van der Waals surface area contributed by atoms with E-state index in [9.17, 15) is 4.79 Å². The first kappa shape index (κ1) is 13.0. The molecular weight excluding hydrogens is 278 g/mol. The number of fused-ring (bicyclic) bond motifs is 1. The first-order valence-electron chi connectivity index (χ1n) is 7.30. The Morgan fingerprint density at radius 3 is 2.55 bits per heavy atom. The average Bonchev–Trinajstić information content (AvgIpc) is 3.36. The van der Waals surface area contributed by atoms with Crippen LogP contribution in [0, 0.1) is 0 Å². The number of carbonyl (C=O) groups is 1. The van der Waals surface area contributed by atoms with Gasteiger partial charge in [0.05, 0.1) is 0 Å². The van der Waals surface area contributed by atoms with Gasteiger partial charge in [-0.2, -0.15) is 0 Å². The highest BCUT2D eigenvalue weighted by molar-refractivity contribution is 6.16. The number of rotatable bonds is 3. The predicted octanol–water partition coefficient (Wildman–Crippen LogP) is 3.25. The van der Waals surface area contributed by atoms with Crippen LogP contribution >= 0.6 is 0 Å². The molecule has 1 N–H and O–H groups in total. The van der Waals surface area contributed by atoms with Crippen molar-refractivity contribution < 1.29 is 14.3 Å². The number of ether oxygens (including phenoxy) is 2. The summed E-state index contributed by atoms with van der Waals surface area (Å²) in [6, 6.07) is 15.5. The van der Waals surface area contributed by atoms with Gasteiger partial charge >= 0.3 is 0 Å². The molecule has 4 nitrogen and oxygen atoms in total. The van der Waals surface area contributed by atoms with Crippen molar-refractivity contribution in [3.8, 4) is 11.5 Å². The van der Waals surface area contributed by atoms with Gasteiger partial charge in [-0.05, 0) is 23.3 Å². The van der Waals surface area contributed by atoms with Crippen LogP contribution in [0.5, 0.6) is 11.5 Å². The number of amides is 1. The number of hydrogen-bond donors (Lipinski definition) is 1. The summed E-state index contributed by atoms with van der Waals surface area (Å²) in [5.41, 5.74) is 3.81. The SMILES string of the molecule is O=C(Nc1ccc2c(c1)OCCO2)C1=C(c2ccccc2)C1. The number of allylic oxidation sites excluding steroid dienone is 1. The number of nitrogens with one attached hydrogen (secondary N) is 1. The molecule has 4 rings (SSSR count). The molecule has 0 bridgehead atoms. The predicted molar refractivity (Wildman–Crippen MR) is 84.0 cm³/mol. The third kappa shape index (κ3) is 2.44. The van der Waals surface area contributed by atoms with Gasteiger partial charge in [-0.15, -0.1) is 0 Å². The highest BCUT2D eigenvalue weighted by Crippen LogP contribution is 2.41. The van der Waals surface area contributed by atoms with E-state index in [0.717, 1.165) is 34.6 Å². The summed E-state index contributed by atoms with van der Waals surface area (Å²) in [6.45, 7) is 1.10. The summed E-state index contributed by atoms with van der Waals surface area (Å²) in [4.78, 5) is 12.3. The zero-order valence-corrected chi connectivity index (χ0v) is 12.0. The molecule has 0 spiro atoms. The largest absolute Gasteiger partial charge is 0.486 e. The fraction of sp³-hybridized carbons (Fsp3) is 0.167. The number of anilines is 1. The number of benzene rings is 2. The Bertz CT molecular complexity index is 765. The minimum Gasteiger partial charge on any atom is -0.486 e. The Morgan fingerprint density at radius 2 is 1.73 bits per heavy atom. The molecule has 22 heavy (non-hydrogen) atoms. The van der Waals surface area contributed by atoms with Crippen molar-refractivity contribution in [3.63, 3.8) is 0 Å². The van der Waals surface area contributed by atoms with Crippen molar-refractivity contribution in [3.05, 3.63) is 59.7 Å². The summed E-state index contributed by atoms with van der Waals surface area (Å²) in [5, 5.41) is 2.92. The lowest BCUT2D eigenvalue weighted by molar-refractivity contribution is -0.112. The monoisotopic (exact) mass is 293 g/mol. The Hall–Kier alpha value is -2.75. The maximum Gasteiger partial charge on any atom is 0.252 e. The third-order valence-electron chi connectivity index (χ3n) is 3.79. The lowest BCUT2D eigenvalue weighted by Gasteiger charge is -2.18. The molecule has 0 saturated carbocycles. The first-order chi connectivity index (χ1) is 10.8. The second-order valence-electron chi connectivity index (χ2n) is 5.31. The fourth-order valence-corrected chi connectivity index (χ4v) is 2.59. The summed E-state index contributed by atoms with van der Waals surface area (Å²) >= 11 is 0. The number of carbonyl (C=O) groups excluding carboxylic acids is 1. The van der Waals surface area contributed by atoms with Crippen LogP contribution in [0.2, 0.25) is 0 Å². The molecule has 0 atom stereocenters. The van der Waals surface area contributed by atoms with E-state index in [1.165, 1.54) is 0 Å². The summed E-state index contributed by atoms with van der Waals surface area (Å²) in [7, 11) is 0. The van der Waals surface area contributed by atoms with E-state index >= 15 is 0 Å². The highest BCUT2D eigenvalue weighted by atomic mass is 16.6. The maximum atomic E-state index is 12.3. The topological polar surface area (TPSA) is 47.6 Å². The molecule has 1 heterocycles. The van der Waals surface area contributed by atoms with Gasteiger partial charge in [-0.1, -0.05) is 30.3 Å². The minimum absolute atomic E-state index is 0.0458. The fourth-order valence-electron chi connectivity index (χ4n) is 2.59. The van der Waals surface area contributed by atoms with Crippen molar-refractivity contribution in [1.82, 2.24) is 0 Å². The molecular formula is C18H15NO3. The zero-order valence-electron chi connectivity index (χ0n) is 12.0. The van der Waals surface area contributed by atoms with Gasteiger partial charge in [0.2, 0.25) is 0 Å². The molecule has 4 heteroatoms. The van der Waals surface area contributed by atoms with Gasteiger partial charge in [0.15, 0.2) is 11.5 Å². The lowest BCUT2D eigenvalue weighted by atomic mass is 10.2. The molecule has 1 aliphatic heterocycles. The van der Waals surface area contributed by atoms with Gasteiger partial charge in [-0.3, -0.25) is 4.79 Å². The molecule has 2 aromatic rings. The maximum absolute atomic E-state index is 12.3. The van der Waals surface area contributed by atoms with Crippen molar-refractivity contribution in [2.24, 2.45) is 0 Å². The van der Waals surface area contributed by atoms with Gasteiger partial charge in [0, 0.05) is 23.7 Å². The van der Waals surface area contributed by atoms with E-state index in [1.54, 1.807) is 6.07 Å². The molecule has 0 radical (unpaired) electrons. The van der Waals surface area contributed by atoms with E-state index in [0.29, 0.717) is 19.0 Å². The highest BCUT2D eigenvalue weighted by Gasteiger charge is 2.29. The van der Waals surface area contributed by atoms with E-state index < -0.39 is 0 Å². The summed E-state index contributed by atoms with van der Waals surface area (Å²) in [5.74, 6) is 1.35. The normalized spacial score (nSPS) is 15.5. The standard InChI is InChI=1S/C18H15NO3/c20-18(15-11-14(15)12-4-2-1-3-5-12)19-13-6-7-16-17(10-13)22-9-8-21-16/h1-7,10H,8-9,11H2,(H,19,20). The zero-order chi connectivity index (χ0) is 14.9. The molecule has 0 unspecified atom stereocenters. The second-order valence-corrected chi connectivity index (χ2v) is 5.31. The number of hydrogen-bond acceptors (Lipinski definition) is 3. The minimum atomic E-state index is -0.0458. The van der Waals surface area contributed by atoms with E-state index in [2.05, 4.69) is 5.32 Å². The Kier molecular flexibility index (Phi) is 3.07. The second kappa shape index (κ2) is 5.22. The Labute approximate surface area is 128 Å². The average molecular weight is 293 g/mol. The molecule has 2 aromatic carbocycles. The Balaban J connectivity index is 1.50.